The summed E-state index contributed by atoms with van der Waals surface area (Å²) >= 11 is 0. The largest absolute Gasteiger partial charge is 0.309 e. The van der Waals surface area contributed by atoms with E-state index in [2.05, 4.69) is 167 Å². The fourth-order valence-corrected chi connectivity index (χ4v) is 7.25. The molecular weight excluding hydrogens is 574 g/mol. The van der Waals surface area contributed by atoms with E-state index in [-0.39, 0.29) is 0 Å². The van der Waals surface area contributed by atoms with E-state index in [1.807, 2.05) is 10.7 Å². The van der Waals surface area contributed by atoms with E-state index < -0.39 is 0 Å². The van der Waals surface area contributed by atoms with Crippen molar-refractivity contribution in [1.82, 2.24) is 23.7 Å². The average molecular weight is 602 g/mol. The highest BCUT2D eigenvalue weighted by molar-refractivity contribution is 6.12. The number of rotatable bonds is 4. The quantitative estimate of drug-likeness (QED) is 0.201. The fourth-order valence-electron chi connectivity index (χ4n) is 7.25. The second-order valence-corrected chi connectivity index (χ2v) is 11.9. The SMILES string of the molecule is c1ccc(-n2c(-c3cccc(-c4ccc5c(c4)c4ccccc4n5-c4ccccc4)c3)nc3c4ccccc4n4nccc4c32)cc1. The van der Waals surface area contributed by atoms with E-state index in [0.717, 1.165) is 55.8 Å². The lowest BCUT2D eigenvalue weighted by atomic mass is 10.0. The van der Waals surface area contributed by atoms with Crippen LogP contribution in [0, 0.1) is 0 Å². The second kappa shape index (κ2) is 10.0. The lowest BCUT2D eigenvalue weighted by molar-refractivity contribution is 1.00. The Morgan fingerprint density at radius 3 is 1.85 bits per heavy atom. The lowest BCUT2D eigenvalue weighted by Crippen LogP contribution is -1.99. The summed E-state index contributed by atoms with van der Waals surface area (Å²) in [5.41, 5.74) is 12.1. The van der Waals surface area contributed by atoms with Crippen LogP contribution >= 0.6 is 0 Å². The van der Waals surface area contributed by atoms with Crippen molar-refractivity contribution >= 4 is 49.3 Å². The molecule has 6 aromatic carbocycles. The zero-order valence-corrected chi connectivity index (χ0v) is 25.3. The number of pyridine rings is 1. The van der Waals surface area contributed by atoms with Crippen LogP contribution in [-0.4, -0.2) is 23.7 Å². The summed E-state index contributed by atoms with van der Waals surface area (Å²) in [6.07, 6.45) is 1.87. The summed E-state index contributed by atoms with van der Waals surface area (Å²) in [6.45, 7) is 0. The number of hydrogen-bond acceptors (Lipinski definition) is 2. The Labute approximate surface area is 270 Å². The number of para-hydroxylation sites is 4. The van der Waals surface area contributed by atoms with Crippen LogP contribution in [-0.2, 0) is 0 Å². The Morgan fingerprint density at radius 1 is 0.404 bits per heavy atom. The van der Waals surface area contributed by atoms with Crippen molar-refractivity contribution in [2.75, 3.05) is 0 Å². The van der Waals surface area contributed by atoms with Crippen LogP contribution in [0.1, 0.15) is 0 Å². The first-order valence-electron chi connectivity index (χ1n) is 15.9. The van der Waals surface area contributed by atoms with Crippen LogP contribution in [0.4, 0.5) is 0 Å². The molecule has 0 atom stereocenters. The van der Waals surface area contributed by atoms with E-state index in [1.54, 1.807) is 0 Å². The molecule has 0 aliphatic rings. The molecule has 5 nitrogen and oxygen atoms in total. The smallest absolute Gasteiger partial charge is 0.145 e. The Bertz CT molecular complexity index is 2780. The maximum atomic E-state index is 5.40. The maximum absolute atomic E-state index is 5.40. The molecule has 4 aromatic heterocycles. The highest BCUT2D eigenvalue weighted by Crippen LogP contribution is 2.38. The van der Waals surface area contributed by atoms with E-state index >= 15 is 0 Å². The third-order valence-corrected chi connectivity index (χ3v) is 9.31. The van der Waals surface area contributed by atoms with Crippen LogP contribution in [0.5, 0.6) is 0 Å². The standard InChI is InChI=1S/C42H27N5/c1-3-14-31(15-4-1)45-36-20-9-7-18-33(36)35-27-29(22-23-37(35)45)28-12-11-13-30(26-28)42-44-40-34-19-8-10-21-38(34)47-39(24-25-43-47)41(40)46(42)32-16-5-2-6-17-32/h1-27H. The zero-order chi connectivity index (χ0) is 30.9. The van der Waals surface area contributed by atoms with Gasteiger partial charge in [-0.05, 0) is 71.8 Å². The Hall–Kier alpha value is -6.46. The van der Waals surface area contributed by atoms with E-state index in [1.165, 1.54) is 27.4 Å². The molecule has 47 heavy (non-hydrogen) atoms. The molecule has 0 bridgehead atoms. The first-order valence-corrected chi connectivity index (χ1v) is 15.9. The minimum Gasteiger partial charge on any atom is -0.309 e. The lowest BCUT2D eigenvalue weighted by Gasteiger charge is -2.12. The highest BCUT2D eigenvalue weighted by Gasteiger charge is 2.21. The van der Waals surface area contributed by atoms with Gasteiger partial charge in [0.2, 0.25) is 0 Å². The molecule has 10 aromatic rings. The molecule has 0 saturated heterocycles. The first kappa shape index (κ1) is 25.8. The average Bonchev–Trinajstić information content (AvgIpc) is 3.87. The second-order valence-electron chi connectivity index (χ2n) is 11.9. The van der Waals surface area contributed by atoms with Crippen molar-refractivity contribution in [3.63, 3.8) is 0 Å². The zero-order valence-electron chi connectivity index (χ0n) is 25.3. The number of nitrogens with zero attached hydrogens (tertiary/aromatic N) is 5. The third kappa shape index (κ3) is 3.83. The summed E-state index contributed by atoms with van der Waals surface area (Å²) < 4.78 is 6.67. The number of aromatic nitrogens is 5. The molecule has 0 aliphatic carbocycles. The summed E-state index contributed by atoms with van der Waals surface area (Å²) in [5, 5.41) is 8.26. The van der Waals surface area contributed by atoms with E-state index in [4.69, 9.17) is 10.1 Å². The van der Waals surface area contributed by atoms with Crippen molar-refractivity contribution in [2.24, 2.45) is 0 Å². The summed E-state index contributed by atoms with van der Waals surface area (Å²) in [6, 6.07) is 55.8. The summed E-state index contributed by atoms with van der Waals surface area (Å²) in [5.74, 6) is 0.897. The minimum absolute atomic E-state index is 0.897. The molecule has 0 amide bonds. The van der Waals surface area contributed by atoms with Gasteiger partial charge in [-0.1, -0.05) is 97.1 Å². The van der Waals surface area contributed by atoms with Gasteiger partial charge in [0, 0.05) is 33.1 Å². The molecule has 10 rings (SSSR count). The number of fused-ring (bicyclic) bond motifs is 9. The van der Waals surface area contributed by atoms with E-state index in [9.17, 15) is 0 Å². The number of hydrogen-bond donors (Lipinski definition) is 0. The van der Waals surface area contributed by atoms with Crippen LogP contribution in [0.2, 0.25) is 0 Å². The monoisotopic (exact) mass is 601 g/mol. The van der Waals surface area contributed by atoms with Gasteiger partial charge >= 0.3 is 0 Å². The van der Waals surface area contributed by atoms with Gasteiger partial charge in [-0.25, -0.2) is 9.50 Å². The van der Waals surface area contributed by atoms with Gasteiger partial charge in [-0.2, -0.15) is 5.10 Å². The van der Waals surface area contributed by atoms with Crippen molar-refractivity contribution < 1.29 is 0 Å². The topological polar surface area (TPSA) is 40.0 Å². The Balaban J connectivity index is 1.21. The van der Waals surface area contributed by atoms with Gasteiger partial charge < -0.3 is 4.57 Å². The van der Waals surface area contributed by atoms with Gasteiger partial charge in [0.15, 0.2) is 0 Å². The number of imidazole rings is 1. The molecule has 0 saturated carbocycles. The molecule has 0 aliphatic heterocycles. The molecular formula is C42H27N5. The molecule has 0 fully saturated rings. The molecule has 5 heteroatoms. The molecule has 0 N–H and O–H groups in total. The summed E-state index contributed by atoms with van der Waals surface area (Å²) in [4.78, 5) is 5.40. The summed E-state index contributed by atoms with van der Waals surface area (Å²) in [7, 11) is 0. The van der Waals surface area contributed by atoms with Gasteiger partial charge in [0.05, 0.1) is 33.8 Å². The van der Waals surface area contributed by atoms with Crippen molar-refractivity contribution in [3.8, 4) is 33.9 Å². The minimum atomic E-state index is 0.897. The van der Waals surface area contributed by atoms with Crippen molar-refractivity contribution in [2.45, 2.75) is 0 Å². The Morgan fingerprint density at radius 2 is 1.04 bits per heavy atom. The molecule has 220 valence electrons. The number of benzene rings is 6. The first-order chi connectivity index (χ1) is 23.3. The molecule has 4 heterocycles. The van der Waals surface area contributed by atoms with Gasteiger partial charge in [0.25, 0.3) is 0 Å². The van der Waals surface area contributed by atoms with Gasteiger partial charge in [-0.3, -0.25) is 4.57 Å². The molecule has 0 spiro atoms. The third-order valence-electron chi connectivity index (χ3n) is 9.31. The predicted octanol–water partition coefficient (Wildman–Crippen LogP) is 10.3. The maximum Gasteiger partial charge on any atom is 0.145 e. The van der Waals surface area contributed by atoms with Crippen molar-refractivity contribution in [3.05, 3.63) is 164 Å². The van der Waals surface area contributed by atoms with Crippen molar-refractivity contribution in [1.29, 1.82) is 0 Å². The molecule has 0 radical (unpaired) electrons. The molecule has 0 unspecified atom stereocenters. The Kier molecular flexibility index (Phi) is 5.51. The predicted molar refractivity (Wildman–Crippen MR) is 193 cm³/mol. The van der Waals surface area contributed by atoms with Crippen LogP contribution in [0.3, 0.4) is 0 Å². The fraction of sp³-hybridized carbons (Fsp3) is 0. The van der Waals surface area contributed by atoms with Crippen LogP contribution in [0.25, 0.3) is 83.1 Å². The van der Waals surface area contributed by atoms with Gasteiger partial charge in [0.1, 0.15) is 11.3 Å². The highest BCUT2D eigenvalue weighted by atomic mass is 15.2. The van der Waals surface area contributed by atoms with Gasteiger partial charge in [-0.15, -0.1) is 0 Å². The van der Waals surface area contributed by atoms with Crippen LogP contribution in [0.15, 0.2) is 164 Å². The normalized spacial score (nSPS) is 11.8. The van der Waals surface area contributed by atoms with E-state index in [0.29, 0.717) is 0 Å². The van der Waals surface area contributed by atoms with Crippen LogP contribution < -0.4 is 0 Å².